The lowest BCUT2D eigenvalue weighted by molar-refractivity contribution is 0.151. The van der Waals surface area contributed by atoms with Crippen molar-refractivity contribution in [2.24, 2.45) is 0 Å². The van der Waals surface area contributed by atoms with Crippen molar-refractivity contribution in [1.29, 1.82) is 0 Å². The summed E-state index contributed by atoms with van der Waals surface area (Å²) >= 11 is 0. The molecule has 0 bridgehead atoms. The number of hydrogen-bond acceptors (Lipinski definition) is 3. The Bertz CT molecular complexity index is 321. The van der Waals surface area contributed by atoms with Gasteiger partial charge in [-0.15, -0.1) is 0 Å². The molecule has 1 unspecified atom stereocenters. The van der Waals surface area contributed by atoms with Crippen LogP contribution in [-0.4, -0.2) is 24.5 Å². The van der Waals surface area contributed by atoms with Crippen LogP contribution in [0.2, 0.25) is 0 Å². The maximum absolute atomic E-state index is 5.49. The number of hydrogen-bond donors (Lipinski definition) is 1. The third-order valence-corrected chi connectivity index (χ3v) is 3.49. The smallest absolute Gasteiger partial charge is 0.122 e. The van der Waals surface area contributed by atoms with E-state index in [1.54, 1.807) is 6.26 Å². The van der Waals surface area contributed by atoms with Crippen molar-refractivity contribution in [1.82, 2.24) is 10.2 Å². The van der Waals surface area contributed by atoms with E-state index < -0.39 is 0 Å². The lowest BCUT2D eigenvalue weighted by Crippen LogP contribution is -2.36. The van der Waals surface area contributed by atoms with Gasteiger partial charge in [-0.2, -0.15) is 0 Å². The Morgan fingerprint density at radius 3 is 3.12 bits per heavy atom. The van der Waals surface area contributed by atoms with E-state index in [1.807, 2.05) is 7.05 Å². The van der Waals surface area contributed by atoms with E-state index in [0.717, 1.165) is 18.8 Å². The van der Waals surface area contributed by atoms with Gasteiger partial charge in [-0.25, -0.2) is 0 Å². The van der Waals surface area contributed by atoms with Gasteiger partial charge in [0.1, 0.15) is 5.76 Å². The number of piperidine rings is 1. The molecule has 0 aliphatic carbocycles. The zero-order chi connectivity index (χ0) is 11.4. The fourth-order valence-electron chi connectivity index (χ4n) is 2.43. The second kappa shape index (κ2) is 5.51. The molecule has 1 fully saturated rings. The molecule has 1 aromatic heterocycles. The summed E-state index contributed by atoms with van der Waals surface area (Å²) in [6, 6.07) is 2.82. The van der Waals surface area contributed by atoms with Crippen molar-refractivity contribution in [2.45, 2.75) is 45.3 Å². The first-order valence-electron chi connectivity index (χ1n) is 6.25. The molecule has 3 heteroatoms. The van der Waals surface area contributed by atoms with Crippen LogP contribution in [0.4, 0.5) is 0 Å². The van der Waals surface area contributed by atoms with Crippen LogP contribution in [0.3, 0.4) is 0 Å². The summed E-state index contributed by atoms with van der Waals surface area (Å²) in [6.45, 7) is 5.42. The van der Waals surface area contributed by atoms with Crippen molar-refractivity contribution in [2.75, 3.05) is 13.6 Å². The Balaban J connectivity index is 1.99. The third kappa shape index (κ3) is 2.66. The van der Waals surface area contributed by atoms with Crippen LogP contribution in [0, 0.1) is 0 Å². The summed E-state index contributed by atoms with van der Waals surface area (Å²) < 4.78 is 5.49. The van der Waals surface area contributed by atoms with E-state index in [9.17, 15) is 0 Å². The van der Waals surface area contributed by atoms with Gasteiger partial charge in [0.25, 0.3) is 0 Å². The van der Waals surface area contributed by atoms with E-state index in [0.29, 0.717) is 6.04 Å². The zero-order valence-electron chi connectivity index (χ0n) is 10.3. The first-order valence-corrected chi connectivity index (χ1v) is 6.25. The first-order chi connectivity index (χ1) is 7.81. The van der Waals surface area contributed by atoms with Gasteiger partial charge in [0.15, 0.2) is 0 Å². The van der Waals surface area contributed by atoms with Crippen molar-refractivity contribution in [3.8, 4) is 0 Å². The van der Waals surface area contributed by atoms with Gasteiger partial charge in [0.05, 0.1) is 12.8 Å². The largest absolute Gasteiger partial charge is 0.468 e. The molecule has 16 heavy (non-hydrogen) atoms. The van der Waals surface area contributed by atoms with Crippen LogP contribution >= 0.6 is 0 Å². The molecule has 2 rings (SSSR count). The molecule has 2 heterocycles. The number of likely N-dealkylation sites (tertiary alicyclic amines) is 1. The number of rotatable bonds is 4. The molecule has 3 nitrogen and oxygen atoms in total. The highest BCUT2D eigenvalue weighted by Crippen LogP contribution is 2.21. The van der Waals surface area contributed by atoms with Gasteiger partial charge in [-0.05, 0) is 39.4 Å². The van der Waals surface area contributed by atoms with E-state index in [2.05, 4.69) is 23.2 Å². The maximum Gasteiger partial charge on any atom is 0.122 e. The highest BCUT2D eigenvalue weighted by atomic mass is 16.3. The van der Waals surface area contributed by atoms with Gasteiger partial charge >= 0.3 is 0 Å². The van der Waals surface area contributed by atoms with Crippen molar-refractivity contribution in [3.05, 3.63) is 23.7 Å². The molecule has 1 atom stereocenters. The molecule has 90 valence electrons. The van der Waals surface area contributed by atoms with Crippen LogP contribution in [0.1, 0.15) is 37.5 Å². The molecular formula is C13H22N2O. The van der Waals surface area contributed by atoms with Crippen LogP contribution in [0.5, 0.6) is 0 Å². The molecule has 0 aromatic carbocycles. The molecule has 0 radical (unpaired) electrons. The van der Waals surface area contributed by atoms with Crippen LogP contribution in [0.15, 0.2) is 16.7 Å². The molecule has 1 saturated heterocycles. The predicted molar refractivity (Wildman–Crippen MR) is 65.2 cm³/mol. The fourth-order valence-corrected chi connectivity index (χ4v) is 2.43. The second-order valence-electron chi connectivity index (χ2n) is 4.71. The minimum absolute atomic E-state index is 0.714. The summed E-state index contributed by atoms with van der Waals surface area (Å²) in [5.41, 5.74) is 1.34. The third-order valence-electron chi connectivity index (χ3n) is 3.49. The van der Waals surface area contributed by atoms with Crippen molar-refractivity contribution < 1.29 is 4.42 Å². The average molecular weight is 222 g/mol. The van der Waals surface area contributed by atoms with Crippen LogP contribution in [0.25, 0.3) is 0 Å². The summed E-state index contributed by atoms with van der Waals surface area (Å²) in [6.07, 6.45) is 5.85. The topological polar surface area (TPSA) is 28.4 Å². The molecule has 1 aliphatic rings. The first kappa shape index (κ1) is 11.7. The van der Waals surface area contributed by atoms with Gasteiger partial charge in [-0.3, -0.25) is 4.90 Å². The van der Waals surface area contributed by atoms with Crippen molar-refractivity contribution >= 4 is 0 Å². The summed E-state index contributed by atoms with van der Waals surface area (Å²) in [5.74, 6) is 1.08. The second-order valence-corrected chi connectivity index (χ2v) is 4.71. The lowest BCUT2D eigenvalue weighted by atomic mass is 10.0. The molecule has 0 saturated carbocycles. The number of nitrogens with one attached hydrogen (secondary N) is 1. The highest BCUT2D eigenvalue weighted by molar-refractivity contribution is 5.17. The Labute approximate surface area is 97.8 Å². The maximum atomic E-state index is 5.49. The van der Waals surface area contributed by atoms with Crippen LogP contribution in [-0.2, 0) is 13.1 Å². The number of furan rings is 1. The Morgan fingerprint density at radius 2 is 2.38 bits per heavy atom. The van der Waals surface area contributed by atoms with E-state index >= 15 is 0 Å². The average Bonchev–Trinajstić information content (AvgIpc) is 2.70. The summed E-state index contributed by atoms with van der Waals surface area (Å²) in [5, 5.41) is 3.15. The monoisotopic (exact) mass is 222 g/mol. The SMILES string of the molecule is CNCc1occc1CN1CCCCC1C. The molecule has 1 aliphatic heterocycles. The highest BCUT2D eigenvalue weighted by Gasteiger charge is 2.19. The molecule has 1 aromatic rings. The Kier molecular flexibility index (Phi) is 4.02. The zero-order valence-corrected chi connectivity index (χ0v) is 10.3. The normalized spacial score (nSPS) is 22.5. The summed E-state index contributed by atoms with van der Waals surface area (Å²) in [7, 11) is 1.95. The van der Waals surface area contributed by atoms with E-state index in [4.69, 9.17) is 4.42 Å². The van der Waals surface area contributed by atoms with Gasteiger partial charge in [0, 0.05) is 18.2 Å². The molecule has 1 N–H and O–H groups in total. The van der Waals surface area contributed by atoms with E-state index in [1.165, 1.54) is 31.4 Å². The number of nitrogens with zero attached hydrogens (tertiary/aromatic N) is 1. The summed E-state index contributed by atoms with van der Waals surface area (Å²) in [4.78, 5) is 2.56. The fraction of sp³-hybridized carbons (Fsp3) is 0.692. The lowest BCUT2D eigenvalue weighted by Gasteiger charge is -2.33. The minimum Gasteiger partial charge on any atom is -0.468 e. The van der Waals surface area contributed by atoms with Gasteiger partial charge < -0.3 is 9.73 Å². The van der Waals surface area contributed by atoms with Crippen LogP contribution < -0.4 is 5.32 Å². The van der Waals surface area contributed by atoms with Gasteiger partial charge in [0.2, 0.25) is 0 Å². The standard InChI is InChI=1S/C13H22N2O/c1-11-5-3-4-7-15(11)10-12-6-8-16-13(12)9-14-2/h6,8,11,14H,3-5,7,9-10H2,1-2H3. The molecule has 0 amide bonds. The Hall–Kier alpha value is -0.800. The molecular weight excluding hydrogens is 200 g/mol. The van der Waals surface area contributed by atoms with Crippen molar-refractivity contribution in [3.63, 3.8) is 0 Å². The Morgan fingerprint density at radius 1 is 1.50 bits per heavy atom. The predicted octanol–water partition coefficient (Wildman–Crippen LogP) is 2.37. The quantitative estimate of drug-likeness (QED) is 0.848. The molecule has 0 spiro atoms. The van der Waals surface area contributed by atoms with E-state index in [-0.39, 0.29) is 0 Å². The minimum atomic E-state index is 0.714. The van der Waals surface area contributed by atoms with Gasteiger partial charge in [-0.1, -0.05) is 6.42 Å².